The van der Waals surface area contributed by atoms with Gasteiger partial charge in [0.1, 0.15) is 18.1 Å². The molecule has 130 valence electrons. The second-order valence-electron chi connectivity index (χ2n) is 5.97. The summed E-state index contributed by atoms with van der Waals surface area (Å²) in [4.78, 5) is 19.1. The van der Waals surface area contributed by atoms with Crippen molar-refractivity contribution >= 4 is 11.6 Å². The summed E-state index contributed by atoms with van der Waals surface area (Å²) in [5.74, 6) is 1.41. The lowest BCUT2D eigenvalue weighted by Crippen LogP contribution is -2.38. The highest BCUT2D eigenvalue weighted by Gasteiger charge is 2.24. The summed E-state index contributed by atoms with van der Waals surface area (Å²) in [5, 5.41) is 0. The molecule has 5 heteroatoms. The highest BCUT2D eigenvalue weighted by atomic mass is 16.5. The molecular formula is C21H18N2O3. The maximum Gasteiger partial charge on any atom is 0.260 e. The minimum Gasteiger partial charge on any atom is -0.497 e. The minimum absolute atomic E-state index is 0.0852. The molecule has 0 spiro atoms. The summed E-state index contributed by atoms with van der Waals surface area (Å²) < 4.78 is 10.9. The van der Waals surface area contributed by atoms with Gasteiger partial charge in [-0.1, -0.05) is 24.3 Å². The van der Waals surface area contributed by atoms with Crippen LogP contribution < -0.4 is 14.4 Å². The number of methoxy groups -OCH3 is 1. The van der Waals surface area contributed by atoms with Crippen molar-refractivity contribution in [3.05, 3.63) is 72.6 Å². The number of nitrogens with zero attached hydrogens (tertiary/aromatic N) is 2. The third kappa shape index (κ3) is 2.99. The maximum absolute atomic E-state index is 13.1. The maximum atomic E-state index is 13.1. The topological polar surface area (TPSA) is 51.7 Å². The van der Waals surface area contributed by atoms with E-state index in [1.807, 2.05) is 54.6 Å². The van der Waals surface area contributed by atoms with Gasteiger partial charge in [-0.3, -0.25) is 9.78 Å². The number of benzene rings is 2. The highest BCUT2D eigenvalue weighted by molar-refractivity contribution is 6.07. The summed E-state index contributed by atoms with van der Waals surface area (Å²) in [5.41, 5.74) is 3.16. The molecule has 0 N–H and O–H groups in total. The third-order valence-corrected chi connectivity index (χ3v) is 4.36. The zero-order valence-corrected chi connectivity index (χ0v) is 14.4. The molecule has 1 aromatic heterocycles. The van der Waals surface area contributed by atoms with Gasteiger partial charge in [0.2, 0.25) is 0 Å². The monoisotopic (exact) mass is 346 g/mol. The van der Waals surface area contributed by atoms with E-state index in [0.29, 0.717) is 18.7 Å². The molecule has 1 amide bonds. The lowest BCUT2D eigenvalue weighted by atomic mass is 10.0. The summed E-state index contributed by atoms with van der Waals surface area (Å²) >= 11 is 0. The zero-order valence-electron chi connectivity index (χ0n) is 14.4. The number of hydrogen-bond acceptors (Lipinski definition) is 4. The molecule has 2 heterocycles. The molecular weight excluding hydrogens is 328 g/mol. The molecule has 4 rings (SSSR count). The molecule has 0 unspecified atom stereocenters. The first-order valence-electron chi connectivity index (χ1n) is 8.39. The number of ether oxygens (including phenoxy) is 2. The van der Waals surface area contributed by atoms with Crippen LogP contribution in [0.25, 0.3) is 11.1 Å². The SMILES string of the molecule is COc1cccc(-c2cncc(C(=O)N3CCOc4ccccc43)c2)c1. The summed E-state index contributed by atoms with van der Waals surface area (Å²) in [6.07, 6.45) is 3.35. The number of rotatable bonds is 3. The van der Waals surface area contributed by atoms with Crippen LogP contribution in [-0.2, 0) is 0 Å². The Bertz CT molecular complexity index is 955. The van der Waals surface area contributed by atoms with Crippen molar-refractivity contribution in [2.24, 2.45) is 0 Å². The fourth-order valence-electron chi connectivity index (χ4n) is 3.05. The molecule has 3 aromatic rings. The third-order valence-electron chi connectivity index (χ3n) is 4.36. The number of fused-ring (bicyclic) bond motifs is 1. The quantitative estimate of drug-likeness (QED) is 0.724. The van der Waals surface area contributed by atoms with Crippen molar-refractivity contribution in [2.45, 2.75) is 0 Å². The Hall–Kier alpha value is -3.34. The molecule has 0 saturated heterocycles. The Balaban J connectivity index is 1.68. The highest BCUT2D eigenvalue weighted by Crippen LogP contribution is 2.32. The van der Waals surface area contributed by atoms with Crippen LogP contribution in [0.1, 0.15) is 10.4 Å². The second-order valence-corrected chi connectivity index (χ2v) is 5.97. The smallest absolute Gasteiger partial charge is 0.260 e. The van der Waals surface area contributed by atoms with Gasteiger partial charge in [-0.25, -0.2) is 0 Å². The van der Waals surface area contributed by atoms with E-state index in [1.165, 1.54) is 0 Å². The van der Waals surface area contributed by atoms with Crippen molar-refractivity contribution in [3.63, 3.8) is 0 Å². The minimum atomic E-state index is -0.0852. The molecule has 0 saturated carbocycles. The van der Waals surface area contributed by atoms with Crippen molar-refractivity contribution in [1.29, 1.82) is 0 Å². The zero-order chi connectivity index (χ0) is 17.9. The van der Waals surface area contributed by atoms with Crippen molar-refractivity contribution in [3.8, 4) is 22.6 Å². The Labute approximate surface area is 151 Å². The average Bonchev–Trinajstić information content (AvgIpc) is 2.73. The van der Waals surface area contributed by atoms with E-state index < -0.39 is 0 Å². The van der Waals surface area contributed by atoms with E-state index in [0.717, 1.165) is 28.3 Å². The van der Waals surface area contributed by atoms with Crippen LogP contribution >= 0.6 is 0 Å². The average molecular weight is 346 g/mol. The largest absolute Gasteiger partial charge is 0.497 e. The predicted molar refractivity (Wildman–Crippen MR) is 99.8 cm³/mol. The number of carbonyl (C=O) groups is 1. The number of hydrogen-bond donors (Lipinski definition) is 0. The van der Waals surface area contributed by atoms with E-state index in [1.54, 1.807) is 24.4 Å². The van der Waals surface area contributed by atoms with Gasteiger partial charge < -0.3 is 14.4 Å². The van der Waals surface area contributed by atoms with E-state index in [4.69, 9.17) is 9.47 Å². The Morgan fingerprint density at radius 3 is 2.85 bits per heavy atom. The van der Waals surface area contributed by atoms with E-state index >= 15 is 0 Å². The van der Waals surface area contributed by atoms with Gasteiger partial charge in [0, 0.05) is 18.0 Å². The van der Waals surface area contributed by atoms with Gasteiger partial charge in [-0.15, -0.1) is 0 Å². The van der Waals surface area contributed by atoms with Gasteiger partial charge in [-0.2, -0.15) is 0 Å². The number of carbonyl (C=O) groups excluding carboxylic acids is 1. The standard InChI is InChI=1S/C21H18N2O3/c1-25-18-6-4-5-15(12-18)16-11-17(14-22-13-16)21(24)23-9-10-26-20-8-3-2-7-19(20)23/h2-8,11-14H,9-10H2,1H3. The van der Waals surface area contributed by atoms with Crippen LogP contribution in [0, 0.1) is 0 Å². The molecule has 26 heavy (non-hydrogen) atoms. The number of aromatic nitrogens is 1. The number of amides is 1. The fourth-order valence-corrected chi connectivity index (χ4v) is 3.05. The molecule has 1 aliphatic rings. The fraction of sp³-hybridized carbons (Fsp3) is 0.143. The van der Waals surface area contributed by atoms with Gasteiger partial charge in [0.15, 0.2) is 0 Å². The first-order chi connectivity index (χ1) is 12.8. The van der Waals surface area contributed by atoms with E-state index in [-0.39, 0.29) is 5.91 Å². The number of pyridine rings is 1. The summed E-state index contributed by atoms with van der Waals surface area (Å²) in [6, 6.07) is 17.1. The van der Waals surface area contributed by atoms with E-state index in [2.05, 4.69) is 4.98 Å². The Kier molecular flexibility index (Phi) is 4.27. The molecule has 0 radical (unpaired) electrons. The molecule has 0 fully saturated rings. The van der Waals surface area contributed by atoms with E-state index in [9.17, 15) is 4.79 Å². The molecule has 0 bridgehead atoms. The number of para-hydroxylation sites is 2. The van der Waals surface area contributed by atoms with Crippen LogP contribution in [0.2, 0.25) is 0 Å². The number of anilines is 1. The Morgan fingerprint density at radius 2 is 1.96 bits per heavy atom. The van der Waals surface area contributed by atoms with Crippen LogP contribution in [0.15, 0.2) is 67.0 Å². The summed E-state index contributed by atoms with van der Waals surface area (Å²) in [6.45, 7) is 0.991. The normalized spacial score (nSPS) is 12.9. The predicted octanol–water partition coefficient (Wildman–Crippen LogP) is 3.80. The van der Waals surface area contributed by atoms with Crippen molar-refractivity contribution < 1.29 is 14.3 Å². The molecule has 5 nitrogen and oxygen atoms in total. The molecule has 2 aromatic carbocycles. The molecule has 0 atom stereocenters. The van der Waals surface area contributed by atoms with Crippen molar-refractivity contribution in [1.82, 2.24) is 4.98 Å². The Morgan fingerprint density at radius 1 is 1.08 bits per heavy atom. The van der Waals surface area contributed by atoms with Gasteiger partial charge in [0.25, 0.3) is 5.91 Å². The molecule has 1 aliphatic heterocycles. The van der Waals surface area contributed by atoms with Crippen LogP contribution in [0.3, 0.4) is 0 Å². The van der Waals surface area contributed by atoms with Crippen molar-refractivity contribution in [2.75, 3.05) is 25.2 Å². The van der Waals surface area contributed by atoms with Crippen LogP contribution in [0.4, 0.5) is 5.69 Å². The van der Waals surface area contributed by atoms with Crippen LogP contribution in [0.5, 0.6) is 11.5 Å². The molecule has 0 aliphatic carbocycles. The van der Waals surface area contributed by atoms with Gasteiger partial charge in [0.05, 0.1) is 24.9 Å². The lowest BCUT2D eigenvalue weighted by molar-refractivity contribution is 0.0976. The summed E-state index contributed by atoms with van der Waals surface area (Å²) in [7, 11) is 1.63. The first kappa shape index (κ1) is 16.1. The second kappa shape index (κ2) is 6.88. The van der Waals surface area contributed by atoms with Gasteiger partial charge in [-0.05, 0) is 35.9 Å². The lowest BCUT2D eigenvalue weighted by Gasteiger charge is -2.29. The first-order valence-corrected chi connectivity index (χ1v) is 8.39. The van der Waals surface area contributed by atoms with Crippen LogP contribution in [-0.4, -0.2) is 31.2 Å². The van der Waals surface area contributed by atoms with Gasteiger partial charge >= 0.3 is 0 Å².